The Morgan fingerprint density at radius 2 is 1.94 bits per heavy atom. The molecule has 1 aliphatic carbocycles. The van der Waals surface area contributed by atoms with E-state index in [0.29, 0.717) is 18.1 Å². The van der Waals surface area contributed by atoms with Crippen LogP contribution in [-0.2, 0) is 9.84 Å². The van der Waals surface area contributed by atoms with Crippen LogP contribution >= 0.6 is 11.8 Å². The molecule has 0 spiro atoms. The van der Waals surface area contributed by atoms with Gasteiger partial charge in [0.1, 0.15) is 9.84 Å². The maximum absolute atomic E-state index is 11.3. The first-order valence-electron chi connectivity index (χ1n) is 7.03. The minimum atomic E-state index is -2.87. The van der Waals surface area contributed by atoms with Crippen molar-refractivity contribution in [2.45, 2.75) is 63.2 Å². The van der Waals surface area contributed by atoms with Gasteiger partial charge in [-0.2, -0.15) is 11.8 Å². The quantitative estimate of drug-likeness (QED) is 0.747. The number of aliphatic hydroxyl groups excluding tert-OH is 1. The molecule has 0 bridgehead atoms. The zero-order valence-electron chi connectivity index (χ0n) is 11.3. The van der Waals surface area contributed by atoms with Gasteiger partial charge in [-0.1, -0.05) is 26.2 Å². The fourth-order valence-corrected chi connectivity index (χ4v) is 4.47. The Morgan fingerprint density at radius 1 is 1.28 bits per heavy atom. The molecular weight excluding hydrogens is 268 g/mol. The summed E-state index contributed by atoms with van der Waals surface area (Å²) < 4.78 is 22.6. The molecule has 0 aromatic heterocycles. The van der Waals surface area contributed by atoms with E-state index in [1.165, 1.54) is 32.1 Å². The molecule has 0 radical (unpaired) electrons. The molecule has 108 valence electrons. The SMILES string of the molecule is CCS(=O)(=O)CCCC(O)CSC1CCCCC1. The molecule has 0 amide bonds. The predicted molar refractivity (Wildman–Crippen MR) is 78.9 cm³/mol. The van der Waals surface area contributed by atoms with Gasteiger partial charge in [-0.15, -0.1) is 0 Å². The third-order valence-electron chi connectivity index (χ3n) is 3.51. The summed E-state index contributed by atoms with van der Waals surface area (Å²) >= 11 is 1.87. The van der Waals surface area contributed by atoms with Crippen LogP contribution in [0.1, 0.15) is 51.9 Å². The standard InChI is InChI=1S/C13H26O3S2/c1-2-18(15,16)10-6-7-12(14)11-17-13-8-4-3-5-9-13/h12-14H,2-11H2,1H3. The lowest BCUT2D eigenvalue weighted by Gasteiger charge is -2.22. The summed E-state index contributed by atoms with van der Waals surface area (Å²) in [7, 11) is -2.87. The van der Waals surface area contributed by atoms with E-state index < -0.39 is 9.84 Å². The predicted octanol–water partition coefficient (Wildman–Crippen LogP) is 2.63. The van der Waals surface area contributed by atoms with Crippen molar-refractivity contribution >= 4 is 21.6 Å². The molecule has 0 saturated heterocycles. The minimum absolute atomic E-state index is 0.208. The molecule has 1 aliphatic rings. The molecule has 1 atom stereocenters. The van der Waals surface area contributed by atoms with Crippen LogP contribution in [0.3, 0.4) is 0 Å². The van der Waals surface area contributed by atoms with Crippen molar-refractivity contribution in [3.63, 3.8) is 0 Å². The van der Waals surface area contributed by atoms with Crippen LogP contribution in [0, 0.1) is 0 Å². The molecule has 0 aliphatic heterocycles. The maximum Gasteiger partial charge on any atom is 0.150 e. The van der Waals surface area contributed by atoms with E-state index in [0.717, 1.165) is 5.75 Å². The van der Waals surface area contributed by atoms with Crippen LogP contribution in [0.2, 0.25) is 0 Å². The highest BCUT2D eigenvalue weighted by molar-refractivity contribution is 7.99. The van der Waals surface area contributed by atoms with Crippen LogP contribution in [-0.4, -0.2) is 42.1 Å². The van der Waals surface area contributed by atoms with Crippen molar-refractivity contribution in [3.8, 4) is 0 Å². The number of hydrogen-bond donors (Lipinski definition) is 1. The number of rotatable bonds is 8. The summed E-state index contributed by atoms with van der Waals surface area (Å²) in [5, 5.41) is 10.5. The van der Waals surface area contributed by atoms with Crippen LogP contribution in [0.5, 0.6) is 0 Å². The Hall–Kier alpha value is 0.260. The molecule has 1 fully saturated rings. The lowest BCUT2D eigenvalue weighted by atomic mass is 10.0. The second-order valence-electron chi connectivity index (χ2n) is 5.13. The average Bonchev–Trinajstić information content (AvgIpc) is 2.37. The fourth-order valence-electron chi connectivity index (χ4n) is 2.25. The molecule has 1 saturated carbocycles. The molecule has 18 heavy (non-hydrogen) atoms. The second-order valence-corrected chi connectivity index (χ2v) is 8.93. The van der Waals surface area contributed by atoms with Gasteiger partial charge in [0.15, 0.2) is 0 Å². The molecule has 5 heteroatoms. The second kappa shape index (κ2) is 8.43. The Bertz CT molecular complexity index is 308. The summed E-state index contributed by atoms with van der Waals surface area (Å²) in [6, 6.07) is 0. The molecule has 1 unspecified atom stereocenters. The average molecular weight is 294 g/mol. The van der Waals surface area contributed by atoms with E-state index in [4.69, 9.17) is 0 Å². The van der Waals surface area contributed by atoms with Crippen LogP contribution < -0.4 is 0 Å². The van der Waals surface area contributed by atoms with Crippen molar-refractivity contribution in [2.24, 2.45) is 0 Å². The highest BCUT2D eigenvalue weighted by Gasteiger charge is 2.16. The van der Waals surface area contributed by atoms with Gasteiger partial charge in [0.2, 0.25) is 0 Å². The topological polar surface area (TPSA) is 54.4 Å². The normalized spacial score (nSPS) is 19.9. The van der Waals surface area contributed by atoms with Crippen LogP contribution in [0.25, 0.3) is 0 Å². The first kappa shape index (κ1) is 16.3. The van der Waals surface area contributed by atoms with Gasteiger partial charge in [-0.25, -0.2) is 8.42 Å². The lowest BCUT2D eigenvalue weighted by Crippen LogP contribution is -2.17. The van der Waals surface area contributed by atoms with Crippen molar-refractivity contribution in [1.29, 1.82) is 0 Å². The van der Waals surface area contributed by atoms with E-state index in [9.17, 15) is 13.5 Å². The summed E-state index contributed by atoms with van der Waals surface area (Å²) in [4.78, 5) is 0. The highest BCUT2D eigenvalue weighted by atomic mass is 32.2. The van der Waals surface area contributed by atoms with Crippen molar-refractivity contribution in [1.82, 2.24) is 0 Å². The third kappa shape index (κ3) is 7.00. The summed E-state index contributed by atoms with van der Waals surface area (Å²) in [5.41, 5.74) is 0. The fraction of sp³-hybridized carbons (Fsp3) is 1.00. The Morgan fingerprint density at radius 3 is 2.56 bits per heavy atom. The first-order chi connectivity index (χ1) is 8.53. The van der Waals surface area contributed by atoms with Gasteiger partial charge < -0.3 is 5.11 Å². The Balaban J connectivity index is 2.08. The van der Waals surface area contributed by atoms with E-state index in [2.05, 4.69) is 0 Å². The van der Waals surface area contributed by atoms with Gasteiger partial charge in [-0.05, 0) is 25.7 Å². The number of aliphatic hydroxyl groups is 1. The van der Waals surface area contributed by atoms with Gasteiger partial charge in [-0.3, -0.25) is 0 Å². The Kier molecular flexibility index (Phi) is 7.64. The largest absolute Gasteiger partial charge is 0.392 e. The smallest absolute Gasteiger partial charge is 0.150 e. The zero-order valence-corrected chi connectivity index (χ0v) is 12.9. The molecular formula is C13H26O3S2. The Labute approximate surface area is 116 Å². The lowest BCUT2D eigenvalue weighted by molar-refractivity contribution is 0.188. The number of sulfone groups is 1. The number of hydrogen-bond acceptors (Lipinski definition) is 4. The molecule has 0 aromatic carbocycles. The molecule has 0 heterocycles. The third-order valence-corrected chi connectivity index (χ3v) is 6.82. The monoisotopic (exact) mass is 294 g/mol. The van der Waals surface area contributed by atoms with Gasteiger partial charge in [0, 0.05) is 16.8 Å². The number of thioether (sulfide) groups is 1. The van der Waals surface area contributed by atoms with E-state index >= 15 is 0 Å². The summed E-state index contributed by atoms with van der Waals surface area (Å²) in [6.45, 7) is 1.67. The van der Waals surface area contributed by atoms with Gasteiger partial charge in [0.05, 0.1) is 11.9 Å². The zero-order chi connectivity index (χ0) is 13.4. The molecule has 1 N–H and O–H groups in total. The van der Waals surface area contributed by atoms with Crippen LogP contribution in [0.15, 0.2) is 0 Å². The molecule has 3 nitrogen and oxygen atoms in total. The highest BCUT2D eigenvalue weighted by Crippen LogP contribution is 2.28. The first-order valence-corrected chi connectivity index (χ1v) is 9.90. The summed E-state index contributed by atoms with van der Waals surface area (Å²) in [6.07, 6.45) is 7.41. The van der Waals surface area contributed by atoms with E-state index in [1.54, 1.807) is 6.92 Å². The summed E-state index contributed by atoms with van der Waals surface area (Å²) in [5.74, 6) is 1.19. The molecule has 0 aromatic rings. The van der Waals surface area contributed by atoms with E-state index in [-0.39, 0.29) is 17.6 Å². The van der Waals surface area contributed by atoms with Crippen molar-refractivity contribution < 1.29 is 13.5 Å². The van der Waals surface area contributed by atoms with Gasteiger partial charge >= 0.3 is 0 Å². The minimum Gasteiger partial charge on any atom is -0.392 e. The molecule has 1 rings (SSSR count). The maximum atomic E-state index is 11.3. The van der Waals surface area contributed by atoms with Crippen molar-refractivity contribution in [3.05, 3.63) is 0 Å². The van der Waals surface area contributed by atoms with E-state index in [1.807, 2.05) is 11.8 Å². The van der Waals surface area contributed by atoms with Crippen molar-refractivity contribution in [2.75, 3.05) is 17.3 Å². The van der Waals surface area contributed by atoms with Gasteiger partial charge in [0.25, 0.3) is 0 Å². The van der Waals surface area contributed by atoms with Crippen LogP contribution in [0.4, 0.5) is 0 Å².